The first kappa shape index (κ1) is 25.6. The van der Waals surface area contributed by atoms with Gasteiger partial charge >= 0.3 is 0 Å². The zero-order chi connectivity index (χ0) is 22.4. The molecule has 0 saturated carbocycles. The zero-order valence-electron chi connectivity index (χ0n) is 18.6. The molecule has 30 heavy (non-hydrogen) atoms. The summed E-state index contributed by atoms with van der Waals surface area (Å²) in [6.07, 6.45) is 2.03. The van der Waals surface area contributed by atoms with Gasteiger partial charge in [0.1, 0.15) is 12.7 Å². The van der Waals surface area contributed by atoms with Crippen molar-refractivity contribution in [2.45, 2.75) is 52.1 Å². The van der Waals surface area contributed by atoms with Crippen molar-refractivity contribution in [1.29, 1.82) is 0 Å². The molecule has 0 bridgehead atoms. The predicted octanol–water partition coefficient (Wildman–Crippen LogP) is 2.38. The Bertz CT molecular complexity index is 624. The lowest BCUT2D eigenvalue weighted by Gasteiger charge is -2.21. The highest BCUT2D eigenvalue weighted by molar-refractivity contribution is 5.79. The molecule has 0 aliphatic rings. The van der Waals surface area contributed by atoms with Gasteiger partial charge in [0.25, 0.3) is 0 Å². The summed E-state index contributed by atoms with van der Waals surface area (Å²) in [6, 6.07) is 5.24. The highest BCUT2D eigenvalue weighted by atomic mass is 16.5. The number of hydrogen-bond acceptors (Lipinski definition) is 6. The van der Waals surface area contributed by atoms with Crippen LogP contribution < -0.4 is 19.5 Å². The molecule has 8 heteroatoms. The van der Waals surface area contributed by atoms with Crippen LogP contribution in [0.3, 0.4) is 0 Å². The van der Waals surface area contributed by atoms with Gasteiger partial charge in [-0.05, 0) is 31.4 Å². The molecule has 1 rings (SSSR count). The average molecular weight is 425 g/mol. The molecule has 8 nitrogen and oxygen atoms in total. The zero-order valence-corrected chi connectivity index (χ0v) is 18.6. The Hall–Kier alpha value is -2.48. The van der Waals surface area contributed by atoms with Gasteiger partial charge in [-0.1, -0.05) is 19.9 Å². The Balaban J connectivity index is 2.34. The first-order chi connectivity index (χ1) is 14.5. The second-order valence-corrected chi connectivity index (χ2v) is 6.99. The number of hydrogen-bond donors (Lipinski definition) is 2. The van der Waals surface area contributed by atoms with E-state index in [9.17, 15) is 14.7 Å². The van der Waals surface area contributed by atoms with Crippen LogP contribution in [0.2, 0.25) is 0 Å². The van der Waals surface area contributed by atoms with Crippen LogP contribution in [-0.4, -0.2) is 68.4 Å². The van der Waals surface area contributed by atoms with Gasteiger partial charge in [0.15, 0.2) is 11.5 Å². The van der Waals surface area contributed by atoms with Crippen LogP contribution in [0.5, 0.6) is 17.2 Å². The van der Waals surface area contributed by atoms with E-state index in [0.717, 1.165) is 25.9 Å². The van der Waals surface area contributed by atoms with Crippen LogP contribution in [0.1, 0.15) is 46.0 Å². The van der Waals surface area contributed by atoms with Crippen LogP contribution >= 0.6 is 0 Å². The third-order valence-corrected chi connectivity index (χ3v) is 4.47. The summed E-state index contributed by atoms with van der Waals surface area (Å²) in [5, 5.41) is 12.8. The maximum atomic E-state index is 12.2. The fourth-order valence-corrected chi connectivity index (χ4v) is 2.98. The molecule has 0 saturated heterocycles. The van der Waals surface area contributed by atoms with Gasteiger partial charge in [0.05, 0.1) is 14.2 Å². The largest absolute Gasteiger partial charge is 0.493 e. The summed E-state index contributed by atoms with van der Waals surface area (Å²) in [7, 11) is 3.04. The Labute approximate surface area is 179 Å². The van der Waals surface area contributed by atoms with Crippen LogP contribution in [0, 0.1) is 0 Å². The van der Waals surface area contributed by atoms with E-state index in [1.165, 1.54) is 14.2 Å². The number of amides is 2. The SMILES string of the molecule is CCCN(CCC)C(=O)CCCC(=O)NCC(O)COc1c(OC)cccc1OC. The maximum Gasteiger partial charge on any atom is 0.222 e. The number of aliphatic hydroxyl groups is 1. The van der Waals surface area contributed by atoms with Gasteiger partial charge in [-0.3, -0.25) is 9.59 Å². The van der Waals surface area contributed by atoms with E-state index >= 15 is 0 Å². The fraction of sp³-hybridized carbons (Fsp3) is 0.636. The topological polar surface area (TPSA) is 97.3 Å². The van der Waals surface area contributed by atoms with E-state index in [2.05, 4.69) is 5.32 Å². The molecule has 0 aromatic heterocycles. The molecular formula is C22H36N2O6. The Morgan fingerprint density at radius 1 is 1.07 bits per heavy atom. The van der Waals surface area contributed by atoms with Crippen LogP contribution in [0.25, 0.3) is 0 Å². The number of rotatable bonds is 15. The van der Waals surface area contributed by atoms with E-state index < -0.39 is 6.10 Å². The Kier molecular flexibility index (Phi) is 12.3. The summed E-state index contributed by atoms with van der Waals surface area (Å²) < 4.78 is 16.1. The Morgan fingerprint density at radius 2 is 1.67 bits per heavy atom. The molecule has 0 aliphatic heterocycles. The van der Waals surface area contributed by atoms with Crippen molar-refractivity contribution < 1.29 is 28.9 Å². The number of carbonyl (C=O) groups is 2. The molecule has 2 amide bonds. The third-order valence-electron chi connectivity index (χ3n) is 4.47. The lowest BCUT2D eigenvalue weighted by molar-refractivity contribution is -0.131. The monoisotopic (exact) mass is 424 g/mol. The first-order valence-electron chi connectivity index (χ1n) is 10.5. The highest BCUT2D eigenvalue weighted by Crippen LogP contribution is 2.36. The summed E-state index contributed by atoms with van der Waals surface area (Å²) in [4.78, 5) is 26.1. The molecule has 0 fully saturated rings. The van der Waals surface area contributed by atoms with Gasteiger partial charge < -0.3 is 29.5 Å². The van der Waals surface area contributed by atoms with Crippen LogP contribution in [0.15, 0.2) is 18.2 Å². The molecule has 0 radical (unpaired) electrons. The summed E-state index contributed by atoms with van der Waals surface area (Å²) in [5.74, 6) is 1.28. The molecule has 1 unspecified atom stereocenters. The molecule has 0 spiro atoms. The highest BCUT2D eigenvalue weighted by Gasteiger charge is 2.15. The molecule has 1 aromatic rings. The summed E-state index contributed by atoms with van der Waals surface area (Å²) in [5.41, 5.74) is 0. The number of methoxy groups -OCH3 is 2. The quantitative estimate of drug-likeness (QED) is 0.449. The number of carbonyl (C=O) groups excluding carboxylic acids is 2. The van der Waals surface area contributed by atoms with E-state index in [1.54, 1.807) is 18.2 Å². The van der Waals surface area contributed by atoms with Crippen LogP contribution in [0.4, 0.5) is 0 Å². The second kappa shape index (κ2) is 14.5. The van der Waals surface area contributed by atoms with E-state index in [-0.39, 0.29) is 31.4 Å². The summed E-state index contributed by atoms with van der Waals surface area (Å²) in [6.45, 7) is 5.62. The lowest BCUT2D eigenvalue weighted by Crippen LogP contribution is -2.35. The summed E-state index contributed by atoms with van der Waals surface area (Å²) >= 11 is 0. The minimum atomic E-state index is -0.894. The van der Waals surface area contributed by atoms with Crippen molar-refractivity contribution in [3.05, 3.63) is 18.2 Å². The van der Waals surface area contributed by atoms with E-state index in [1.807, 2.05) is 18.7 Å². The number of aliphatic hydroxyl groups excluding tert-OH is 1. The van der Waals surface area contributed by atoms with Gasteiger partial charge in [0, 0.05) is 32.5 Å². The minimum absolute atomic E-state index is 0.0293. The molecule has 1 atom stereocenters. The maximum absolute atomic E-state index is 12.2. The van der Waals surface area contributed by atoms with Gasteiger partial charge in [0.2, 0.25) is 17.6 Å². The number of nitrogens with zero attached hydrogens (tertiary/aromatic N) is 1. The van der Waals surface area contributed by atoms with Crippen LogP contribution in [-0.2, 0) is 9.59 Å². The van der Waals surface area contributed by atoms with Crippen molar-refractivity contribution in [3.63, 3.8) is 0 Å². The predicted molar refractivity (Wildman–Crippen MR) is 115 cm³/mol. The molecular weight excluding hydrogens is 388 g/mol. The molecule has 1 aromatic carbocycles. The number of ether oxygens (including phenoxy) is 3. The van der Waals surface area contributed by atoms with Crippen molar-refractivity contribution in [2.24, 2.45) is 0 Å². The first-order valence-corrected chi connectivity index (χ1v) is 10.5. The second-order valence-electron chi connectivity index (χ2n) is 6.99. The molecule has 0 heterocycles. The van der Waals surface area contributed by atoms with Crippen molar-refractivity contribution in [3.8, 4) is 17.2 Å². The van der Waals surface area contributed by atoms with Gasteiger partial charge in [-0.15, -0.1) is 0 Å². The normalized spacial score (nSPS) is 11.5. The number of nitrogens with one attached hydrogen (secondary N) is 1. The van der Waals surface area contributed by atoms with E-state index in [4.69, 9.17) is 14.2 Å². The lowest BCUT2D eigenvalue weighted by atomic mass is 10.2. The molecule has 170 valence electrons. The standard InChI is InChI=1S/C22H36N2O6/c1-5-13-24(14-6-2)21(27)12-8-11-20(26)23-15-17(25)16-30-22-18(28-3)9-7-10-19(22)29-4/h7,9-10,17,25H,5-6,8,11-16H2,1-4H3,(H,23,26). The van der Waals surface area contributed by atoms with Crippen molar-refractivity contribution in [2.75, 3.05) is 40.5 Å². The van der Waals surface area contributed by atoms with Gasteiger partial charge in [-0.25, -0.2) is 0 Å². The van der Waals surface area contributed by atoms with Crippen molar-refractivity contribution in [1.82, 2.24) is 10.2 Å². The smallest absolute Gasteiger partial charge is 0.222 e. The fourth-order valence-electron chi connectivity index (χ4n) is 2.98. The van der Waals surface area contributed by atoms with Crippen molar-refractivity contribution >= 4 is 11.8 Å². The Morgan fingerprint density at radius 3 is 2.20 bits per heavy atom. The molecule has 0 aliphatic carbocycles. The average Bonchev–Trinajstić information content (AvgIpc) is 2.75. The van der Waals surface area contributed by atoms with Gasteiger partial charge in [-0.2, -0.15) is 0 Å². The molecule has 2 N–H and O–H groups in total. The number of para-hydroxylation sites is 1. The van der Waals surface area contributed by atoms with E-state index in [0.29, 0.717) is 30.1 Å². The minimum Gasteiger partial charge on any atom is -0.493 e. The number of benzene rings is 1. The third kappa shape index (κ3) is 8.90.